The van der Waals surface area contributed by atoms with Gasteiger partial charge < -0.3 is 5.11 Å². The highest BCUT2D eigenvalue weighted by Crippen LogP contribution is 2.35. The predicted octanol–water partition coefficient (Wildman–Crippen LogP) is 2.97. The molecular weight excluding hydrogens is 148 g/mol. The van der Waals surface area contributed by atoms with Crippen molar-refractivity contribution in [2.24, 2.45) is 11.8 Å². The molecule has 1 aliphatic rings. The van der Waals surface area contributed by atoms with Crippen LogP contribution in [0.5, 0.6) is 0 Å². The Labute approximate surface area is 76.2 Å². The lowest BCUT2D eigenvalue weighted by Gasteiger charge is -2.16. The van der Waals surface area contributed by atoms with Crippen LogP contribution in [0.3, 0.4) is 0 Å². The molecule has 72 valence electrons. The minimum absolute atomic E-state index is 0.00312. The van der Waals surface area contributed by atoms with Gasteiger partial charge in [-0.2, -0.15) is 0 Å². The molecule has 0 bridgehead atoms. The second-order valence-corrected chi connectivity index (χ2v) is 4.26. The van der Waals surface area contributed by atoms with Crippen LogP contribution >= 0.6 is 0 Å². The number of hydrogen-bond donors (Lipinski definition) is 1. The Hall–Kier alpha value is -0.0400. The van der Waals surface area contributed by atoms with Crippen LogP contribution in [-0.4, -0.2) is 11.2 Å². The molecule has 0 aliphatic heterocycles. The van der Waals surface area contributed by atoms with Crippen molar-refractivity contribution >= 4 is 0 Å². The number of aliphatic hydroxyl groups excluding tert-OH is 1. The summed E-state index contributed by atoms with van der Waals surface area (Å²) in [6, 6.07) is 0. The molecule has 0 aromatic carbocycles. The molecule has 3 unspecified atom stereocenters. The summed E-state index contributed by atoms with van der Waals surface area (Å²) in [7, 11) is 0. The van der Waals surface area contributed by atoms with Gasteiger partial charge in [0.05, 0.1) is 6.10 Å². The number of aliphatic hydroxyl groups is 1. The van der Waals surface area contributed by atoms with E-state index < -0.39 is 0 Å². The van der Waals surface area contributed by atoms with Gasteiger partial charge in [-0.15, -0.1) is 0 Å². The Kier molecular flexibility index (Phi) is 4.07. The average molecular weight is 170 g/mol. The van der Waals surface area contributed by atoms with Gasteiger partial charge >= 0.3 is 0 Å². The zero-order valence-corrected chi connectivity index (χ0v) is 8.42. The predicted molar refractivity (Wildman–Crippen MR) is 52.0 cm³/mol. The summed E-state index contributed by atoms with van der Waals surface area (Å²) in [5.74, 6) is 1.37. The number of hydrogen-bond acceptors (Lipinski definition) is 1. The quantitative estimate of drug-likeness (QED) is 0.643. The smallest absolute Gasteiger partial charge is 0.0568 e. The summed E-state index contributed by atoms with van der Waals surface area (Å²) in [4.78, 5) is 0. The van der Waals surface area contributed by atoms with Crippen molar-refractivity contribution < 1.29 is 5.11 Å². The van der Waals surface area contributed by atoms with Gasteiger partial charge in [0.25, 0.3) is 0 Å². The summed E-state index contributed by atoms with van der Waals surface area (Å²) >= 11 is 0. The van der Waals surface area contributed by atoms with Crippen molar-refractivity contribution in [3.63, 3.8) is 0 Å². The van der Waals surface area contributed by atoms with E-state index in [9.17, 15) is 5.11 Å². The van der Waals surface area contributed by atoms with Crippen molar-refractivity contribution in [3.05, 3.63) is 0 Å². The van der Waals surface area contributed by atoms with E-state index in [0.717, 1.165) is 12.3 Å². The van der Waals surface area contributed by atoms with Crippen LogP contribution in [0, 0.1) is 11.8 Å². The van der Waals surface area contributed by atoms with Gasteiger partial charge in [0.2, 0.25) is 0 Å². The zero-order chi connectivity index (χ0) is 8.97. The molecule has 1 saturated carbocycles. The molecule has 0 spiro atoms. The molecule has 1 fully saturated rings. The molecule has 1 N–H and O–H groups in total. The molecular formula is C11H22O. The molecule has 0 saturated heterocycles. The fraction of sp³-hybridized carbons (Fsp3) is 1.00. The monoisotopic (exact) mass is 170 g/mol. The van der Waals surface area contributed by atoms with Crippen molar-refractivity contribution in [2.45, 2.75) is 58.5 Å². The molecule has 3 atom stereocenters. The fourth-order valence-corrected chi connectivity index (χ4v) is 2.29. The number of unbranched alkanes of at least 4 members (excludes halogenated alkanes) is 2. The summed E-state index contributed by atoms with van der Waals surface area (Å²) in [6.07, 6.45) is 7.66. The maximum atomic E-state index is 9.52. The van der Waals surface area contributed by atoms with Crippen LogP contribution in [0.25, 0.3) is 0 Å². The normalized spacial score (nSPS) is 35.8. The molecule has 1 heteroatoms. The molecule has 1 aliphatic carbocycles. The van der Waals surface area contributed by atoms with Crippen molar-refractivity contribution in [3.8, 4) is 0 Å². The average Bonchev–Trinajstić information content (AvgIpc) is 2.36. The lowest BCUT2D eigenvalue weighted by Crippen LogP contribution is -2.15. The molecule has 0 aromatic heterocycles. The third kappa shape index (κ3) is 2.48. The van der Waals surface area contributed by atoms with Crippen LogP contribution in [0.4, 0.5) is 0 Å². The third-order valence-corrected chi connectivity index (χ3v) is 3.36. The Morgan fingerprint density at radius 2 is 2.00 bits per heavy atom. The molecule has 0 heterocycles. The van der Waals surface area contributed by atoms with Gasteiger partial charge in [-0.05, 0) is 24.7 Å². The minimum Gasteiger partial charge on any atom is -0.393 e. The lowest BCUT2D eigenvalue weighted by molar-refractivity contribution is 0.125. The molecule has 0 radical (unpaired) electrons. The highest BCUT2D eigenvalue weighted by Gasteiger charge is 2.30. The Morgan fingerprint density at radius 3 is 2.50 bits per heavy atom. The summed E-state index contributed by atoms with van der Waals surface area (Å²) in [5, 5.41) is 9.52. The highest BCUT2D eigenvalue weighted by atomic mass is 16.3. The third-order valence-electron chi connectivity index (χ3n) is 3.36. The van der Waals surface area contributed by atoms with E-state index in [1.54, 1.807) is 0 Å². The first-order valence-electron chi connectivity index (χ1n) is 5.43. The Bertz CT molecular complexity index is 122. The van der Waals surface area contributed by atoms with Gasteiger partial charge in [0.1, 0.15) is 0 Å². The van der Waals surface area contributed by atoms with Crippen molar-refractivity contribution in [1.29, 1.82) is 0 Å². The SMILES string of the molecule is CCCCCC1CCC(O)C1C. The first-order valence-corrected chi connectivity index (χ1v) is 5.43. The largest absolute Gasteiger partial charge is 0.393 e. The van der Waals surface area contributed by atoms with E-state index in [0.29, 0.717) is 5.92 Å². The van der Waals surface area contributed by atoms with E-state index in [4.69, 9.17) is 0 Å². The van der Waals surface area contributed by atoms with Gasteiger partial charge in [0.15, 0.2) is 0 Å². The second kappa shape index (κ2) is 4.86. The first kappa shape index (κ1) is 10.0. The van der Waals surface area contributed by atoms with Gasteiger partial charge in [-0.3, -0.25) is 0 Å². The summed E-state index contributed by atoms with van der Waals surface area (Å²) in [5.41, 5.74) is 0. The second-order valence-electron chi connectivity index (χ2n) is 4.26. The van der Waals surface area contributed by atoms with E-state index in [1.807, 2.05) is 0 Å². The van der Waals surface area contributed by atoms with Crippen molar-refractivity contribution in [2.75, 3.05) is 0 Å². The highest BCUT2D eigenvalue weighted by molar-refractivity contribution is 4.81. The van der Waals surface area contributed by atoms with E-state index >= 15 is 0 Å². The summed E-state index contributed by atoms with van der Waals surface area (Å²) < 4.78 is 0. The van der Waals surface area contributed by atoms with Crippen LogP contribution in [-0.2, 0) is 0 Å². The van der Waals surface area contributed by atoms with Gasteiger partial charge in [-0.25, -0.2) is 0 Å². The minimum atomic E-state index is -0.00312. The molecule has 1 nitrogen and oxygen atoms in total. The number of rotatable bonds is 4. The maximum Gasteiger partial charge on any atom is 0.0568 e. The maximum absolute atomic E-state index is 9.52. The topological polar surface area (TPSA) is 20.2 Å². The van der Waals surface area contributed by atoms with E-state index in [1.165, 1.54) is 32.1 Å². The first-order chi connectivity index (χ1) is 5.75. The molecule has 0 amide bonds. The molecule has 0 aromatic rings. The van der Waals surface area contributed by atoms with Crippen LogP contribution in [0.15, 0.2) is 0 Å². The van der Waals surface area contributed by atoms with Crippen LogP contribution < -0.4 is 0 Å². The van der Waals surface area contributed by atoms with E-state index in [-0.39, 0.29) is 6.10 Å². The zero-order valence-electron chi connectivity index (χ0n) is 8.42. The lowest BCUT2D eigenvalue weighted by atomic mass is 9.91. The fourth-order valence-electron chi connectivity index (χ4n) is 2.29. The summed E-state index contributed by atoms with van der Waals surface area (Å²) in [6.45, 7) is 4.45. The Morgan fingerprint density at radius 1 is 1.25 bits per heavy atom. The van der Waals surface area contributed by atoms with Crippen LogP contribution in [0.1, 0.15) is 52.4 Å². The van der Waals surface area contributed by atoms with E-state index in [2.05, 4.69) is 13.8 Å². The van der Waals surface area contributed by atoms with Gasteiger partial charge in [0, 0.05) is 0 Å². The molecule has 12 heavy (non-hydrogen) atoms. The standard InChI is InChI=1S/C11H22O/c1-3-4-5-6-10-7-8-11(12)9(10)2/h9-12H,3-8H2,1-2H3. The van der Waals surface area contributed by atoms with Crippen molar-refractivity contribution in [1.82, 2.24) is 0 Å². The molecule has 1 rings (SSSR count). The van der Waals surface area contributed by atoms with Gasteiger partial charge in [-0.1, -0.05) is 39.5 Å². The Balaban J connectivity index is 2.16. The van der Waals surface area contributed by atoms with Crippen LogP contribution in [0.2, 0.25) is 0 Å².